The van der Waals surface area contributed by atoms with Gasteiger partial charge in [0, 0.05) is 23.8 Å². The smallest absolute Gasteiger partial charge is 0.330 e. The van der Waals surface area contributed by atoms with Crippen LogP contribution in [0.3, 0.4) is 0 Å². The molecule has 1 aromatic heterocycles. The van der Waals surface area contributed by atoms with Crippen molar-refractivity contribution in [3.8, 4) is 40.1 Å². The fourth-order valence-corrected chi connectivity index (χ4v) is 4.41. The van der Waals surface area contributed by atoms with Gasteiger partial charge in [-0.25, -0.2) is 4.79 Å². The van der Waals surface area contributed by atoms with Gasteiger partial charge in [0.1, 0.15) is 65.0 Å². The molecule has 0 aliphatic carbocycles. The van der Waals surface area contributed by atoms with E-state index in [9.17, 15) is 45.3 Å². The second kappa shape index (κ2) is 12.0. The maximum atomic E-state index is 13.5. The van der Waals surface area contributed by atoms with E-state index >= 15 is 0 Å². The molecule has 0 unspecified atom stereocenters. The molecule has 224 valence electrons. The molecule has 0 bridgehead atoms. The molecule has 13 heteroatoms. The number of carbonyl (C=O) groups is 1. The van der Waals surface area contributed by atoms with Crippen molar-refractivity contribution in [2.24, 2.45) is 0 Å². The molecule has 3 aromatic carbocycles. The van der Waals surface area contributed by atoms with Crippen LogP contribution in [0.2, 0.25) is 0 Å². The largest absolute Gasteiger partial charge is 0.508 e. The molecule has 43 heavy (non-hydrogen) atoms. The van der Waals surface area contributed by atoms with E-state index in [2.05, 4.69) is 0 Å². The standard InChI is InChI=1S/C30H26O13/c31-16-6-1-14(2-7-16)3-10-22(35)40-13-21-24(36)26(38)27(39)30(42-21)43-29-25(37)23-19(34)11-18(33)12-20(23)41-28(29)15-4-8-17(32)9-5-15/h1-12,21,24,26-27,30-34,36,38-39H,13H2/t21-,24-,26+,27-,30-/m1/s1. The summed E-state index contributed by atoms with van der Waals surface area (Å²) in [5.74, 6) is -2.70. The van der Waals surface area contributed by atoms with Crippen LogP contribution in [-0.4, -0.2) is 79.0 Å². The molecule has 1 saturated heterocycles. The van der Waals surface area contributed by atoms with Crippen molar-refractivity contribution >= 4 is 23.0 Å². The van der Waals surface area contributed by atoms with Gasteiger partial charge in [0.2, 0.25) is 17.5 Å². The van der Waals surface area contributed by atoms with Crippen LogP contribution in [0.15, 0.2) is 76.0 Å². The Hall–Kier alpha value is -5.08. The molecule has 1 aliphatic rings. The summed E-state index contributed by atoms with van der Waals surface area (Å²) in [5, 5.41) is 70.6. The van der Waals surface area contributed by atoms with E-state index in [-0.39, 0.29) is 33.8 Å². The molecule has 7 N–H and O–H groups in total. The normalized spacial score (nSPS) is 22.1. The number of aliphatic hydroxyl groups is 3. The Morgan fingerprint density at radius 2 is 1.49 bits per heavy atom. The van der Waals surface area contributed by atoms with E-state index in [1.807, 2.05) is 0 Å². The van der Waals surface area contributed by atoms with E-state index in [4.69, 9.17) is 18.6 Å². The maximum Gasteiger partial charge on any atom is 0.330 e. The van der Waals surface area contributed by atoms with Crippen LogP contribution in [-0.2, 0) is 14.3 Å². The highest BCUT2D eigenvalue weighted by atomic mass is 16.7. The van der Waals surface area contributed by atoms with Crippen LogP contribution >= 0.6 is 0 Å². The Balaban J connectivity index is 1.42. The topological polar surface area (TPSA) is 217 Å². The molecule has 5 rings (SSSR count). The summed E-state index contributed by atoms with van der Waals surface area (Å²) in [6, 6.07) is 13.4. The Morgan fingerprint density at radius 1 is 0.837 bits per heavy atom. The quantitative estimate of drug-likeness (QED) is 0.120. The monoisotopic (exact) mass is 594 g/mol. The number of esters is 1. The summed E-state index contributed by atoms with van der Waals surface area (Å²) < 4.78 is 22.2. The average Bonchev–Trinajstić information content (AvgIpc) is 2.97. The van der Waals surface area contributed by atoms with Crippen molar-refractivity contribution < 1.29 is 59.2 Å². The second-order valence-corrected chi connectivity index (χ2v) is 9.66. The molecular formula is C30H26O13. The van der Waals surface area contributed by atoms with E-state index in [1.165, 1.54) is 42.5 Å². The fraction of sp³-hybridized carbons (Fsp3) is 0.200. The third kappa shape index (κ3) is 6.24. The van der Waals surface area contributed by atoms with Gasteiger partial charge in [-0.2, -0.15) is 0 Å². The SMILES string of the molecule is O=C(C=Cc1ccc(O)cc1)OC[C@H]1O[C@H](Oc2c(-c3ccc(O)cc3)oc3cc(O)cc(O)c3c2=O)[C@H](O)[C@@H](O)[C@@H]1O. The number of aliphatic hydroxyl groups excluding tert-OH is 3. The number of hydrogen-bond acceptors (Lipinski definition) is 13. The van der Waals surface area contributed by atoms with Crippen molar-refractivity contribution in [1.29, 1.82) is 0 Å². The molecule has 0 spiro atoms. The van der Waals surface area contributed by atoms with E-state index in [0.29, 0.717) is 5.56 Å². The van der Waals surface area contributed by atoms with Gasteiger partial charge < -0.3 is 54.4 Å². The Morgan fingerprint density at radius 3 is 2.16 bits per heavy atom. The zero-order valence-corrected chi connectivity index (χ0v) is 22.1. The number of phenolic OH excluding ortho intramolecular Hbond substituents is 4. The van der Waals surface area contributed by atoms with E-state index < -0.39 is 66.0 Å². The number of phenols is 4. The van der Waals surface area contributed by atoms with E-state index in [1.54, 1.807) is 12.1 Å². The molecule has 2 heterocycles. The third-order valence-corrected chi connectivity index (χ3v) is 6.64. The molecule has 0 saturated carbocycles. The van der Waals surface area contributed by atoms with Gasteiger partial charge >= 0.3 is 5.97 Å². The Bertz CT molecular complexity index is 1710. The van der Waals surface area contributed by atoms with Crippen LogP contribution in [0.1, 0.15) is 5.56 Å². The Labute approximate surface area is 242 Å². The first-order valence-corrected chi connectivity index (χ1v) is 12.8. The van der Waals surface area contributed by atoms with Crippen LogP contribution in [0.25, 0.3) is 28.4 Å². The summed E-state index contributed by atoms with van der Waals surface area (Å²) in [4.78, 5) is 25.8. The van der Waals surface area contributed by atoms with E-state index in [0.717, 1.165) is 18.2 Å². The minimum atomic E-state index is -1.90. The lowest BCUT2D eigenvalue weighted by Crippen LogP contribution is -2.60. The van der Waals surface area contributed by atoms with Gasteiger partial charge in [-0.1, -0.05) is 12.1 Å². The number of rotatable bonds is 7. The van der Waals surface area contributed by atoms with Crippen molar-refractivity contribution in [3.63, 3.8) is 0 Å². The maximum absolute atomic E-state index is 13.5. The molecule has 5 atom stereocenters. The summed E-state index contributed by atoms with van der Waals surface area (Å²) >= 11 is 0. The van der Waals surface area contributed by atoms with Crippen LogP contribution in [0.5, 0.6) is 28.7 Å². The number of fused-ring (bicyclic) bond motifs is 1. The second-order valence-electron chi connectivity index (χ2n) is 9.66. The van der Waals surface area contributed by atoms with Crippen LogP contribution in [0.4, 0.5) is 0 Å². The number of aromatic hydroxyl groups is 4. The summed E-state index contributed by atoms with van der Waals surface area (Å²) in [7, 11) is 0. The molecule has 0 amide bonds. The lowest BCUT2D eigenvalue weighted by atomic mass is 9.99. The number of ether oxygens (including phenoxy) is 3. The van der Waals surface area contributed by atoms with Gasteiger partial charge in [-0.05, 0) is 48.0 Å². The summed E-state index contributed by atoms with van der Waals surface area (Å²) in [6.07, 6.45) is -6.17. The van der Waals surface area contributed by atoms with Crippen LogP contribution < -0.4 is 10.2 Å². The molecule has 4 aromatic rings. The van der Waals surface area contributed by atoms with Crippen molar-refractivity contribution in [2.45, 2.75) is 30.7 Å². The summed E-state index contributed by atoms with van der Waals surface area (Å²) in [5.41, 5.74) is -0.328. The van der Waals surface area contributed by atoms with Gasteiger partial charge in [-0.15, -0.1) is 0 Å². The van der Waals surface area contributed by atoms with Gasteiger partial charge in [0.15, 0.2) is 5.76 Å². The van der Waals surface area contributed by atoms with Gasteiger partial charge in [-0.3, -0.25) is 4.79 Å². The van der Waals surface area contributed by atoms with Crippen molar-refractivity contribution in [2.75, 3.05) is 6.61 Å². The predicted octanol–water partition coefficient (Wildman–Crippen LogP) is 1.73. The first-order chi connectivity index (χ1) is 20.5. The molecule has 0 radical (unpaired) electrons. The fourth-order valence-electron chi connectivity index (χ4n) is 4.41. The highest BCUT2D eigenvalue weighted by molar-refractivity contribution is 5.88. The predicted molar refractivity (Wildman–Crippen MR) is 148 cm³/mol. The highest BCUT2D eigenvalue weighted by Gasteiger charge is 2.46. The first kappa shape index (κ1) is 29.4. The molecule has 1 aliphatic heterocycles. The molecular weight excluding hydrogens is 568 g/mol. The zero-order valence-electron chi connectivity index (χ0n) is 22.1. The zero-order chi connectivity index (χ0) is 30.8. The Kier molecular flexibility index (Phi) is 8.23. The van der Waals surface area contributed by atoms with Crippen LogP contribution in [0, 0.1) is 0 Å². The minimum absolute atomic E-state index is 0.0495. The third-order valence-electron chi connectivity index (χ3n) is 6.64. The van der Waals surface area contributed by atoms with Crippen molar-refractivity contribution in [1.82, 2.24) is 0 Å². The lowest BCUT2D eigenvalue weighted by molar-refractivity contribution is -0.278. The molecule has 1 fully saturated rings. The lowest BCUT2D eigenvalue weighted by Gasteiger charge is -2.39. The average molecular weight is 595 g/mol. The molecule has 13 nitrogen and oxygen atoms in total. The van der Waals surface area contributed by atoms with Crippen molar-refractivity contribution in [3.05, 3.63) is 82.5 Å². The highest BCUT2D eigenvalue weighted by Crippen LogP contribution is 2.37. The minimum Gasteiger partial charge on any atom is -0.508 e. The number of carbonyl (C=O) groups excluding carboxylic acids is 1. The first-order valence-electron chi connectivity index (χ1n) is 12.8. The summed E-state index contributed by atoms with van der Waals surface area (Å²) in [6.45, 7) is -0.583. The van der Waals surface area contributed by atoms with Gasteiger partial charge in [0.25, 0.3) is 0 Å². The number of benzene rings is 3. The number of hydrogen-bond donors (Lipinski definition) is 7. The van der Waals surface area contributed by atoms with Gasteiger partial charge in [0.05, 0.1) is 0 Å².